The first-order valence-electron chi connectivity index (χ1n) is 13.3. The lowest BCUT2D eigenvalue weighted by atomic mass is 10.0. The number of fused-ring (bicyclic) bond motifs is 1. The zero-order valence-corrected chi connectivity index (χ0v) is 22.1. The summed E-state index contributed by atoms with van der Waals surface area (Å²) < 4.78 is 16.4. The van der Waals surface area contributed by atoms with Gasteiger partial charge in [-0.15, -0.1) is 0 Å². The summed E-state index contributed by atoms with van der Waals surface area (Å²) in [6.07, 6.45) is 9.55. The van der Waals surface area contributed by atoms with E-state index in [2.05, 4.69) is 25.4 Å². The number of amides is 3. The lowest BCUT2D eigenvalue weighted by molar-refractivity contribution is -0.119. The van der Waals surface area contributed by atoms with Gasteiger partial charge in [-0.3, -0.25) is 19.6 Å². The molecule has 3 aromatic rings. The molecule has 1 aliphatic carbocycles. The van der Waals surface area contributed by atoms with Gasteiger partial charge in [-0.1, -0.05) is 0 Å². The number of nitrogens with one attached hydrogen (secondary N) is 2. The molecule has 6 rings (SSSR count). The number of urea groups is 1. The van der Waals surface area contributed by atoms with Crippen molar-refractivity contribution in [3.63, 3.8) is 0 Å². The Balaban J connectivity index is 1.30. The molecule has 0 unspecified atom stereocenters. The average molecular weight is 524 g/mol. The van der Waals surface area contributed by atoms with Crippen molar-refractivity contribution >= 4 is 34.8 Å². The number of nitrogens with zero attached hydrogens (tertiary/aromatic N) is 7. The normalized spacial score (nSPS) is 19.1. The van der Waals surface area contributed by atoms with Crippen LogP contribution in [0.3, 0.4) is 0 Å². The third kappa shape index (κ3) is 4.35. The van der Waals surface area contributed by atoms with E-state index in [4.69, 9.17) is 5.10 Å². The molecule has 12 heteroatoms. The van der Waals surface area contributed by atoms with E-state index in [0.29, 0.717) is 30.2 Å². The molecule has 2 saturated heterocycles. The van der Waals surface area contributed by atoms with Crippen LogP contribution in [-0.4, -0.2) is 91.1 Å². The average Bonchev–Trinajstić information content (AvgIpc) is 3.30. The third-order valence-corrected chi connectivity index (χ3v) is 8.10. The number of rotatable bonds is 7. The third-order valence-electron chi connectivity index (χ3n) is 8.10. The van der Waals surface area contributed by atoms with E-state index in [9.17, 15) is 14.0 Å². The number of likely N-dealkylation sites (N-methyl/N-ethyl adjacent to an activating group) is 1. The van der Waals surface area contributed by atoms with E-state index in [0.717, 1.165) is 55.4 Å². The van der Waals surface area contributed by atoms with Crippen LogP contribution in [0.4, 0.5) is 20.7 Å². The first kappa shape index (κ1) is 24.6. The van der Waals surface area contributed by atoms with Crippen molar-refractivity contribution in [3.05, 3.63) is 18.5 Å². The molecule has 3 aliphatic rings. The number of carbonyl (C=O) groups excluding carboxylic acids is 2. The fourth-order valence-electron chi connectivity index (χ4n) is 5.71. The van der Waals surface area contributed by atoms with Crippen molar-refractivity contribution in [1.82, 2.24) is 34.8 Å². The molecular formula is C26H34FN9O2. The number of hydrogen-bond donors (Lipinski definition) is 2. The summed E-state index contributed by atoms with van der Waals surface area (Å²) in [6.45, 7) is 5.19. The zero-order chi connectivity index (χ0) is 26.7. The van der Waals surface area contributed by atoms with Gasteiger partial charge in [0.1, 0.15) is 11.4 Å². The number of pyridine rings is 1. The van der Waals surface area contributed by atoms with Crippen LogP contribution >= 0.6 is 0 Å². The number of anilines is 2. The number of hydrogen-bond acceptors (Lipinski definition) is 6. The van der Waals surface area contributed by atoms with E-state index < -0.39 is 5.67 Å². The first-order valence-corrected chi connectivity index (χ1v) is 13.3. The monoisotopic (exact) mass is 523 g/mol. The van der Waals surface area contributed by atoms with Gasteiger partial charge in [-0.2, -0.15) is 10.2 Å². The summed E-state index contributed by atoms with van der Waals surface area (Å²) in [4.78, 5) is 34.7. The molecule has 3 amide bonds. The molecular weight excluding hydrogens is 489 g/mol. The second-order valence-corrected chi connectivity index (χ2v) is 11.5. The number of likely N-dealkylation sites (tertiary alicyclic amines) is 1. The molecule has 3 fully saturated rings. The van der Waals surface area contributed by atoms with E-state index in [-0.39, 0.29) is 24.2 Å². The van der Waals surface area contributed by atoms with E-state index in [1.807, 2.05) is 11.0 Å². The van der Waals surface area contributed by atoms with Gasteiger partial charge in [0.15, 0.2) is 5.82 Å². The largest absolute Gasteiger partial charge is 0.350 e. The van der Waals surface area contributed by atoms with Gasteiger partial charge in [0.05, 0.1) is 41.1 Å². The molecule has 5 heterocycles. The smallest absolute Gasteiger partial charge is 0.322 e. The molecule has 1 saturated carbocycles. The molecule has 2 N–H and O–H groups in total. The van der Waals surface area contributed by atoms with Gasteiger partial charge in [0.25, 0.3) is 0 Å². The number of piperidine rings is 1. The van der Waals surface area contributed by atoms with Crippen LogP contribution in [0, 0.1) is 0 Å². The van der Waals surface area contributed by atoms with Crippen LogP contribution in [-0.2, 0) is 11.3 Å². The Labute approximate surface area is 220 Å². The summed E-state index contributed by atoms with van der Waals surface area (Å²) >= 11 is 0. The predicted octanol–water partition coefficient (Wildman–Crippen LogP) is 3.40. The highest BCUT2D eigenvalue weighted by molar-refractivity contribution is 5.96. The van der Waals surface area contributed by atoms with Crippen LogP contribution in [0.5, 0.6) is 0 Å². The van der Waals surface area contributed by atoms with E-state index in [1.54, 1.807) is 29.0 Å². The highest BCUT2D eigenvalue weighted by Crippen LogP contribution is 2.48. The molecule has 38 heavy (non-hydrogen) atoms. The summed E-state index contributed by atoms with van der Waals surface area (Å²) in [5.41, 5.74) is 1.02. The Morgan fingerprint density at radius 2 is 2.08 bits per heavy atom. The highest BCUT2D eigenvalue weighted by atomic mass is 19.1. The Bertz CT molecular complexity index is 1370. The predicted molar refractivity (Wildman–Crippen MR) is 142 cm³/mol. The van der Waals surface area contributed by atoms with Crippen molar-refractivity contribution < 1.29 is 14.0 Å². The minimum Gasteiger partial charge on any atom is -0.350 e. The highest BCUT2D eigenvalue weighted by Gasteiger charge is 2.51. The molecule has 0 atom stereocenters. The Hall–Kier alpha value is -3.70. The molecule has 2 aliphatic heterocycles. The fourth-order valence-corrected chi connectivity index (χ4v) is 5.71. The van der Waals surface area contributed by atoms with Gasteiger partial charge in [0, 0.05) is 38.4 Å². The number of aromatic amines is 1. The standard InChI is InChI=1S/C26H34FN9O2/c1-25(2,27)15-36-21-10-19(28-11-18(21)23(32-36)34-13-17(14-34)33(3)16-37)22-20(12-29-31-22)30-24(38)35-9-5-4-6-26(35)7-8-26/h10-12,16-17H,4-9,13-15H2,1-3H3,(H,29,31)(H,30,38). The summed E-state index contributed by atoms with van der Waals surface area (Å²) in [5.74, 6) is 0.719. The number of aromatic nitrogens is 5. The Morgan fingerprint density at radius 1 is 1.29 bits per heavy atom. The van der Waals surface area contributed by atoms with Crippen LogP contribution in [0.1, 0.15) is 46.0 Å². The zero-order valence-electron chi connectivity index (χ0n) is 22.1. The van der Waals surface area contributed by atoms with Gasteiger partial charge in [-0.25, -0.2) is 9.18 Å². The molecule has 202 valence electrons. The van der Waals surface area contributed by atoms with Crippen molar-refractivity contribution in [1.29, 1.82) is 0 Å². The fraction of sp³-hybridized carbons (Fsp3) is 0.577. The molecule has 1 spiro atoms. The van der Waals surface area contributed by atoms with Crippen molar-refractivity contribution in [2.45, 2.75) is 69.7 Å². The van der Waals surface area contributed by atoms with Crippen LogP contribution < -0.4 is 10.2 Å². The van der Waals surface area contributed by atoms with Crippen molar-refractivity contribution in [2.75, 3.05) is 36.9 Å². The quantitative estimate of drug-likeness (QED) is 0.459. The lowest BCUT2D eigenvalue weighted by Crippen LogP contribution is -2.58. The Kier molecular flexibility index (Phi) is 5.80. The van der Waals surface area contributed by atoms with Crippen LogP contribution in [0.15, 0.2) is 18.5 Å². The van der Waals surface area contributed by atoms with Crippen molar-refractivity contribution in [2.24, 2.45) is 0 Å². The summed E-state index contributed by atoms with van der Waals surface area (Å²) in [6, 6.07) is 1.87. The first-order chi connectivity index (χ1) is 18.2. The molecule has 3 aromatic heterocycles. The maximum absolute atomic E-state index is 14.7. The molecule has 0 bridgehead atoms. The lowest BCUT2D eigenvalue weighted by Gasteiger charge is -2.42. The molecule has 0 radical (unpaired) electrons. The maximum atomic E-state index is 14.7. The number of halogens is 1. The van der Waals surface area contributed by atoms with E-state index in [1.165, 1.54) is 20.3 Å². The Morgan fingerprint density at radius 3 is 2.79 bits per heavy atom. The number of H-pyrrole nitrogens is 1. The number of alkyl halides is 1. The van der Waals surface area contributed by atoms with Crippen LogP contribution in [0.2, 0.25) is 0 Å². The van der Waals surface area contributed by atoms with Gasteiger partial charge >= 0.3 is 6.03 Å². The van der Waals surface area contributed by atoms with Gasteiger partial charge in [-0.05, 0) is 52.0 Å². The van der Waals surface area contributed by atoms with Gasteiger partial charge < -0.3 is 20.0 Å². The maximum Gasteiger partial charge on any atom is 0.322 e. The molecule has 11 nitrogen and oxygen atoms in total. The summed E-state index contributed by atoms with van der Waals surface area (Å²) in [5, 5.41) is 15.8. The summed E-state index contributed by atoms with van der Waals surface area (Å²) in [7, 11) is 1.77. The minimum atomic E-state index is -1.48. The topological polar surface area (TPSA) is 115 Å². The van der Waals surface area contributed by atoms with E-state index >= 15 is 0 Å². The van der Waals surface area contributed by atoms with Gasteiger partial charge in [0.2, 0.25) is 6.41 Å². The van der Waals surface area contributed by atoms with Crippen molar-refractivity contribution in [3.8, 4) is 11.4 Å². The number of carbonyl (C=O) groups is 2. The second kappa shape index (κ2) is 8.95. The van der Waals surface area contributed by atoms with Crippen LogP contribution in [0.25, 0.3) is 22.3 Å². The molecule has 0 aromatic carbocycles. The minimum absolute atomic E-state index is 0.0296. The second-order valence-electron chi connectivity index (χ2n) is 11.5. The SMILES string of the molecule is CN(C=O)C1CN(c2nn(CC(C)(C)F)c3cc(-c4[nH]ncc4NC(=O)N4CCCCC45CC5)ncc23)C1.